The molecule has 1 aliphatic heterocycles. The summed E-state index contributed by atoms with van der Waals surface area (Å²) in [4.78, 5) is 22.2. The first kappa shape index (κ1) is 11.0. The highest BCUT2D eigenvalue weighted by Crippen LogP contribution is 2.04. The van der Waals surface area contributed by atoms with E-state index in [1.54, 1.807) is 7.05 Å². The zero-order chi connectivity index (χ0) is 10.4. The third-order valence-corrected chi connectivity index (χ3v) is 2.31. The lowest BCUT2D eigenvalue weighted by atomic mass is 10.2. The summed E-state index contributed by atoms with van der Waals surface area (Å²) >= 11 is 0. The third kappa shape index (κ3) is 3.33. The first-order valence-corrected chi connectivity index (χ1v) is 4.95. The van der Waals surface area contributed by atoms with Crippen LogP contribution in [0.25, 0.3) is 0 Å². The third-order valence-electron chi connectivity index (χ3n) is 2.31. The van der Waals surface area contributed by atoms with E-state index >= 15 is 0 Å². The average molecular weight is 199 g/mol. The van der Waals surface area contributed by atoms with Crippen LogP contribution in [0.1, 0.15) is 19.3 Å². The summed E-state index contributed by atoms with van der Waals surface area (Å²) in [5, 5.41) is 8.33. The minimum absolute atomic E-state index is 0.00593. The predicted octanol–water partition coefficient (Wildman–Crippen LogP) is -1.01. The van der Waals surface area contributed by atoms with E-state index in [0.29, 0.717) is 13.0 Å². The Kier molecular flexibility index (Phi) is 4.39. The molecular formula is C9H17N3O2. The first-order valence-electron chi connectivity index (χ1n) is 4.95. The molecule has 0 aromatic rings. The number of hydrogen-bond donors (Lipinski definition) is 3. The van der Waals surface area contributed by atoms with Crippen LogP contribution >= 0.6 is 0 Å². The van der Waals surface area contributed by atoms with Crippen LogP contribution in [0, 0.1) is 0 Å². The molecule has 0 spiro atoms. The van der Waals surface area contributed by atoms with Gasteiger partial charge in [0, 0.05) is 20.0 Å². The molecule has 1 heterocycles. The molecule has 0 unspecified atom stereocenters. The average Bonchev–Trinajstić information content (AvgIpc) is 2.70. The van der Waals surface area contributed by atoms with Gasteiger partial charge in [-0.3, -0.25) is 9.59 Å². The molecule has 2 amide bonds. The van der Waals surface area contributed by atoms with Crippen LogP contribution in [0.4, 0.5) is 0 Å². The fraction of sp³-hybridized carbons (Fsp3) is 0.778. The van der Waals surface area contributed by atoms with Gasteiger partial charge in [-0.2, -0.15) is 0 Å². The standard InChI is InChI=1S/C9H17N3O2/c1-10-8(13)4-6-12-9(14)7-3-2-5-11-7/h7,11H,2-6H2,1H3,(H,10,13)(H,12,14)/t7-/m0/s1. The molecule has 3 N–H and O–H groups in total. The lowest BCUT2D eigenvalue weighted by Crippen LogP contribution is -2.41. The zero-order valence-electron chi connectivity index (χ0n) is 8.43. The molecule has 1 saturated heterocycles. The van der Waals surface area contributed by atoms with Crippen molar-refractivity contribution in [1.82, 2.24) is 16.0 Å². The van der Waals surface area contributed by atoms with Crippen molar-refractivity contribution in [2.45, 2.75) is 25.3 Å². The SMILES string of the molecule is CNC(=O)CCNC(=O)[C@@H]1CCCN1. The largest absolute Gasteiger partial charge is 0.359 e. The normalized spacial score (nSPS) is 20.5. The van der Waals surface area contributed by atoms with Crippen LogP contribution in [0.3, 0.4) is 0 Å². The molecule has 1 aliphatic rings. The van der Waals surface area contributed by atoms with Crippen molar-refractivity contribution in [3.8, 4) is 0 Å². The molecule has 0 bridgehead atoms. The van der Waals surface area contributed by atoms with Crippen molar-refractivity contribution in [1.29, 1.82) is 0 Å². The first-order chi connectivity index (χ1) is 6.74. The molecule has 0 aromatic carbocycles. The Morgan fingerprint density at radius 2 is 2.29 bits per heavy atom. The number of hydrogen-bond acceptors (Lipinski definition) is 3. The maximum atomic E-state index is 11.4. The lowest BCUT2D eigenvalue weighted by molar-refractivity contribution is -0.123. The van der Waals surface area contributed by atoms with E-state index in [1.807, 2.05) is 0 Å². The quantitative estimate of drug-likeness (QED) is 0.543. The van der Waals surface area contributed by atoms with Crippen LogP contribution in [-0.4, -0.2) is 38.0 Å². The molecule has 0 radical (unpaired) electrons. The van der Waals surface area contributed by atoms with E-state index in [4.69, 9.17) is 0 Å². The van der Waals surface area contributed by atoms with E-state index in [0.717, 1.165) is 19.4 Å². The van der Waals surface area contributed by atoms with Gasteiger partial charge in [-0.1, -0.05) is 0 Å². The highest BCUT2D eigenvalue weighted by molar-refractivity contribution is 5.83. The van der Waals surface area contributed by atoms with Gasteiger partial charge in [0.2, 0.25) is 11.8 Å². The van der Waals surface area contributed by atoms with E-state index in [2.05, 4.69) is 16.0 Å². The minimum Gasteiger partial charge on any atom is -0.359 e. The summed E-state index contributed by atoms with van der Waals surface area (Å²) in [6.07, 6.45) is 2.29. The van der Waals surface area contributed by atoms with Crippen molar-refractivity contribution in [2.24, 2.45) is 0 Å². The Hall–Kier alpha value is -1.10. The molecule has 1 rings (SSSR count). The molecule has 0 aromatic heterocycles. The van der Waals surface area contributed by atoms with Crippen molar-refractivity contribution < 1.29 is 9.59 Å². The second-order valence-corrected chi connectivity index (χ2v) is 3.36. The van der Waals surface area contributed by atoms with Gasteiger partial charge in [0.1, 0.15) is 0 Å². The molecule has 1 fully saturated rings. The van der Waals surface area contributed by atoms with Crippen LogP contribution in [0.15, 0.2) is 0 Å². The van der Waals surface area contributed by atoms with E-state index in [-0.39, 0.29) is 17.9 Å². The molecular weight excluding hydrogens is 182 g/mol. The number of carbonyl (C=O) groups excluding carboxylic acids is 2. The van der Waals surface area contributed by atoms with E-state index in [1.165, 1.54) is 0 Å². The topological polar surface area (TPSA) is 70.2 Å². The molecule has 5 heteroatoms. The van der Waals surface area contributed by atoms with Gasteiger partial charge in [0.15, 0.2) is 0 Å². The number of carbonyl (C=O) groups is 2. The van der Waals surface area contributed by atoms with Crippen LogP contribution < -0.4 is 16.0 Å². The molecule has 80 valence electrons. The van der Waals surface area contributed by atoms with Gasteiger partial charge in [-0.15, -0.1) is 0 Å². The molecule has 14 heavy (non-hydrogen) atoms. The molecule has 0 saturated carbocycles. The maximum Gasteiger partial charge on any atom is 0.237 e. The highest BCUT2D eigenvalue weighted by Gasteiger charge is 2.21. The van der Waals surface area contributed by atoms with Crippen LogP contribution in [0.5, 0.6) is 0 Å². The second kappa shape index (κ2) is 5.59. The Balaban J connectivity index is 2.11. The summed E-state index contributed by atoms with van der Waals surface area (Å²) < 4.78 is 0. The Bertz CT molecular complexity index is 212. The number of amides is 2. The fourth-order valence-corrected chi connectivity index (χ4v) is 1.46. The van der Waals surface area contributed by atoms with E-state index < -0.39 is 0 Å². The van der Waals surface area contributed by atoms with Crippen LogP contribution in [0.2, 0.25) is 0 Å². The highest BCUT2D eigenvalue weighted by atomic mass is 16.2. The summed E-state index contributed by atoms with van der Waals surface area (Å²) in [6.45, 7) is 1.32. The second-order valence-electron chi connectivity index (χ2n) is 3.36. The lowest BCUT2D eigenvalue weighted by Gasteiger charge is -2.10. The molecule has 1 atom stereocenters. The van der Waals surface area contributed by atoms with Gasteiger partial charge in [0.05, 0.1) is 6.04 Å². The summed E-state index contributed by atoms with van der Waals surface area (Å²) in [6, 6.07) is -0.0558. The zero-order valence-corrected chi connectivity index (χ0v) is 8.43. The molecule has 5 nitrogen and oxygen atoms in total. The molecule has 0 aliphatic carbocycles. The fourth-order valence-electron chi connectivity index (χ4n) is 1.46. The Morgan fingerprint density at radius 3 is 2.86 bits per heavy atom. The van der Waals surface area contributed by atoms with E-state index in [9.17, 15) is 9.59 Å². The Morgan fingerprint density at radius 1 is 1.50 bits per heavy atom. The van der Waals surface area contributed by atoms with Gasteiger partial charge in [-0.25, -0.2) is 0 Å². The van der Waals surface area contributed by atoms with Gasteiger partial charge >= 0.3 is 0 Å². The van der Waals surface area contributed by atoms with Crippen molar-refractivity contribution >= 4 is 11.8 Å². The van der Waals surface area contributed by atoms with Gasteiger partial charge in [0.25, 0.3) is 0 Å². The smallest absolute Gasteiger partial charge is 0.237 e. The van der Waals surface area contributed by atoms with Crippen molar-refractivity contribution in [3.05, 3.63) is 0 Å². The summed E-state index contributed by atoms with van der Waals surface area (Å²) in [7, 11) is 1.59. The Labute approximate surface area is 83.6 Å². The number of nitrogens with one attached hydrogen (secondary N) is 3. The minimum atomic E-state index is -0.0558. The number of rotatable bonds is 4. The summed E-state index contributed by atoms with van der Waals surface area (Å²) in [5.74, 6) is -0.0453. The van der Waals surface area contributed by atoms with Gasteiger partial charge in [-0.05, 0) is 19.4 Å². The van der Waals surface area contributed by atoms with Crippen molar-refractivity contribution in [3.63, 3.8) is 0 Å². The predicted molar refractivity (Wildman–Crippen MR) is 52.7 cm³/mol. The van der Waals surface area contributed by atoms with Crippen LogP contribution in [-0.2, 0) is 9.59 Å². The van der Waals surface area contributed by atoms with Gasteiger partial charge < -0.3 is 16.0 Å². The maximum absolute atomic E-state index is 11.4. The van der Waals surface area contributed by atoms with Crippen molar-refractivity contribution in [2.75, 3.05) is 20.1 Å². The monoisotopic (exact) mass is 199 g/mol. The summed E-state index contributed by atoms with van der Waals surface area (Å²) in [5.41, 5.74) is 0.